The zero-order valence-electron chi connectivity index (χ0n) is 19.7. The molecule has 0 saturated heterocycles. The third-order valence-corrected chi connectivity index (χ3v) is 6.13. The molecule has 2 heterocycles. The van der Waals surface area contributed by atoms with E-state index in [0.29, 0.717) is 23.6 Å². The van der Waals surface area contributed by atoms with Crippen molar-refractivity contribution >= 4 is 5.91 Å². The number of hydrogen-bond donors (Lipinski definition) is 0. The molecule has 0 spiro atoms. The molecule has 1 unspecified atom stereocenters. The summed E-state index contributed by atoms with van der Waals surface area (Å²) < 4.78 is 13.0. The molecule has 3 aromatic rings. The average Bonchev–Trinajstić information content (AvgIpc) is 3.19. The molecule has 1 aromatic heterocycles. The van der Waals surface area contributed by atoms with Crippen LogP contribution in [0.1, 0.15) is 59.6 Å². The maximum Gasteiger partial charge on any atom is 0.258 e. The Morgan fingerprint density at radius 3 is 2.31 bits per heavy atom. The van der Waals surface area contributed by atoms with Gasteiger partial charge in [0.15, 0.2) is 11.5 Å². The Labute approximate surface area is 189 Å². The zero-order chi connectivity index (χ0) is 23.0. The minimum Gasteiger partial charge on any atom is -0.493 e. The Kier molecular flexibility index (Phi) is 5.71. The second kappa shape index (κ2) is 8.34. The lowest BCUT2D eigenvalue weighted by atomic mass is 9.87. The van der Waals surface area contributed by atoms with Gasteiger partial charge in [-0.15, -0.1) is 0 Å². The smallest absolute Gasteiger partial charge is 0.258 e. The zero-order valence-corrected chi connectivity index (χ0v) is 19.7. The van der Waals surface area contributed by atoms with E-state index in [-0.39, 0.29) is 17.5 Å². The van der Waals surface area contributed by atoms with Crippen LogP contribution in [0.3, 0.4) is 0 Å². The van der Waals surface area contributed by atoms with Crippen molar-refractivity contribution in [3.8, 4) is 11.5 Å². The van der Waals surface area contributed by atoms with E-state index in [1.54, 1.807) is 20.4 Å². The summed E-state index contributed by atoms with van der Waals surface area (Å²) in [6.45, 7) is 8.84. The van der Waals surface area contributed by atoms with Crippen LogP contribution in [0.15, 0.2) is 48.7 Å². The second-order valence-corrected chi connectivity index (χ2v) is 9.19. The van der Waals surface area contributed by atoms with E-state index in [2.05, 4.69) is 38.0 Å². The Morgan fingerprint density at radius 1 is 1.06 bits per heavy atom. The molecular formula is C26H31N3O3. The Bertz CT molecular complexity index is 1130. The van der Waals surface area contributed by atoms with E-state index >= 15 is 0 Å². The van der Waals surface area contributed by atoms with Crippen molar-refractivity contribution in [3.63, 3.8) is 0 Å². The third-order valence-electron chi connectivity index (χ3n) is 6.13. The lowest BCUT2D eigenvalue weighted by Crippen LogP contribution is -2.41. The van der Waals surface area contributed by atoms with Gasteiger partial charge in [0.05, 0.1) is 37.6 Å². The first kappa shape index (κ1) is 21.9. The number of methoxy groups -OCH3 is 2. The number of nitrogens with zero attached hydrogens (tertiary/aromatic N) is 3. The molecule has 1 aliphatic rings. The molecule has 4 rings (SSSR count). The van der Waals surface area contributed by atoms with Crippen LogP contribution in [0.2, 0.25) is 0 Å². The first-order chi connectivity index (χ1) is 15.3. The lowest BCUT2D eigenvalue weighted by Gasteiger charge is -2.38. The van der Waals surface area contributed by atoms with E-state index < -0.39 is 0 Å². The van der Waals surface area contributed by atoms with Gasteiger partial charge in [-0.1, -0.05) is 30.3 Å². The van der Waals surface area contributed by atoms with Crippen molar-refractivity contribution in [2.45, 2.75) is 45.7 Å². The molecule has 2 aromatic carbocycles. The van der Waals surface area contributed by atoms with Gasteiger partial charge in [-0.3, -0.25) is 9.48 Å². The Morgan fingerprint density at radius 2 is 1.72 bits per heavy atom. The van der Waals surface area contributed by atoms with Crippen LogP contribution < -0.4 is 9.47 Å². The SMILES string of the molecule is COc1cc2c(cc1OC)C(c1ccccc1)N(C(=O)c1cnn(C(C)(C)C)c1C)CC2. The fourth-order valence-corrected chi connectivity index (χ4v) is 4.61. The molecule has 0 bridgehead atoms. The van der Waals surface area contributed by atoms with Crippen LogP contribution in [-0.4, -0.2) is 41.4 Å². The molecule has 0 saturated carbocycles. The molecule has 0 fully saturated rings. The Balaban J connectivity index is 1.83. The maximum absolute atomic E-state index is 13.8. The highest BCUT2D eigenvalue weighted by Gasteiger charge is 2.35. The molecule has 32 heavy (non-hydrogen) atoms. The summed E-state index contributed by atoms with van der Waals surface area (Å²) in [4.78, 5) is 15.8. The van der Waals surface area contributed by atoms with Gasteiger partial charge in [-0.25, -0.2) is 0 Å². The predicted octanol–water partition coefficient (Wildman–Crippen LogP) is 4.75. The summed E-state index contributed by atoms with van der Waals surface area (Å²) >= 11 is 0. The number of ether oxygens (including phenoxy) is 2. The lowest BCUT2D eigenvalue weighted by molar-refractivity contribution is 0.0693. The van der Waals surface area contributed by atoms with Crippen molar-refractivity contribution in [1.82, 2.24) is 14.7 Å². The van der Waals surface area contributed by atoms with Gasteiger partial charge >= 0.3 is 0 Å². The number of carbonyl (C=O) groups is 1. The first-order valence-electron chi connectivity index (χ1n) is 10.9. The second-order valence-electron chi connectivity index (χ2n) is 9.19. The summed E-state index contributed by atoms with van der Waals surface area (Å²) in [5.41, 5.74) is 4.63. The number of carbonyl (C=O) groups excluding carboxylic acids is 1. The van der Waals surface area contributed by atoms with Gasteiger partial charge in [0, 0.05) is 12.2 Å². The molecule has 0 N–H and O–H groups in total. The molecule has 0 aliphatic carbocycles. The summed E-state index contributed by atoms with van der Waals surface area (Å²) in [5.74, 6) is 1.37. The maximum atomic E-state index is 13.8. The quantitative estimate of drug-likeness (QED) is 0.596. The summed E-state index contributed by atoms with van der Waals surface area (Å²) in [7, 11) is 3.28. The number of benzene rings is 2. The summed E-state index contributed by atoms with van der Waals surface area (Å²) in [6.07, 6.45) is 2.45. The fourth-order valence-electron chi connectivity index (χ4n) is 4.61. The van der Waals surface area contributed by atoms with E-state index in [9.17, 15) is 4.79 Å². The van der Waals surface area contributed by atoms with Crippen LogP contribution >= 0.6 is 0 Å². The normalized spacial score (nSPS) is 15.9. The Hall–Kier alpha value is -3.28. The van der Waals surface area contributed by atoms with Gasteiger partial charge in [0.1, 0.15) is 0 Å². The topological polar surface area (TPSA) is 56.6 Å². The van der Waals surface area contributed by atoms with E-state index in [1.807, 2.05) is 46.8 Å². The summed E-state index contributed by atoms with van der Waals surface area (Å²) in [6, 6.07) is 14.0. The minimum atomic E-state index is -0.218. The molecule has 1 atom stereocenters. The molecule has 1 amide bonds. The van der Waals surface area contributed by atoms with Gasteiger partial charge < -0.3 is 14.4 Å². The van der Waals surface area contributed by atoms with Crippen LogP contribution in [0.5, 0.6) is 11.5 Å². The van der Waals surface area contributed by atoms with E-state index in [0.717, 1.165) is 23.2 Å². The molecule has 168 valence electrons. The average molecular weight is 434 g/mol. The minimum absolute atomic E-state index is 0.00714. The van der Waals surface area contributed by atoms with Crippen molar-refractivity contribution in [2.24, 2.45) is 0 Å². The van der Waals surface area contributed by atoms with E-state index in [1.165, 1.54) is 5.56 Å². The van der Waals surface area contributed by atoms with E-state index in [4.69, 9.17) is 9.47 Å². The van der Waals surface area contributed by atoms with Crippen molar-refractivity contribution < 1.29 is 14.3 Å². The summed E-state index contributed by atoms with van der Waals surface area (Å²) in [5, 5.41) is 4.53. The molecule has 6 heteroatoms. The fraction of sp³-hybridized carbons (Fsp3) is 0.385. The van der Waals surface area contributed by atoms with Crippen molar-refractivity contribution in [3.05, 3.63) is 76.6 Å². The first-order valence-corrected chi connectivity index (χ1v) is 10.9. The van der Waals surface area contributed by atoms with Gasteiger partial charge in [0.2, 0.25) is 0 Å². The number of rotatable bonds is 4. The number of hydrogen-bond acceptors (Lipinski definition) is 4. The van der Waals surface area contributed by atoms with Gasteiger partial charge in [-0.2, -0.15) is 5.10 Å². The standard InChI is InChI=1S/C26H31N3O3/c1-17-21(16-27-29(17)26(2,3)4)25(30)28-13-12-19-14-22(31-5)23(32-6)15-20(19)24(28)18-10-8-7-9-11-18/h7-11,14-16,24H,12-13H2,1-6H3. The number of aromatic nitrogens is 2. The molecule has 0 radical (unpaired) electrons. The molecule has 1 aliphatic heterocycles. The highest BCUT2D eigenvalue weighted by Crippen LogP contribution is 2.41. The number of amides is 1. The molecule has 6 nitrogen and oxygen atoms in total. The number of fused-ring (bicyclic) bond motifs is 1. The third kappa shape index (κ3) is 3.74. The largest absolute Gasteiger partial charge is 0.493 e. The van der Waals surface area contributed by atoms with Crippen molar-refractivity contribution in [2.75, 3.05) is 20.8 Å². The van der Waals surface area contributed by atoms with Crippen LogP contribution in [0, 0.1) is 6.92 Å². The predicted molar refractivity (Wildman–Crippen MR) is 125 cm³/mol. The van der Waals surface area contributed by atoms with Crippen molar-refractivity contribution in [1.29, 1.82) is 0 Å². The van der Waals surface area contributed by atoms with Gasteiger partial charge in [-0.05, 0) is 62.9 Å². The monoisotopic (exact) mass is 433 g/mol. The van der Waals surface area contributed by atoms with Crippen LogP contribution in [0.25, 0.3) is 0 Å². The highest BCUT2D eigenvalue weighted by molar-refractivity contribution is 5.96. The van der Waals surface area contributed by atoms with Crippen LogP contribution in [0.4, 0.5) is 0 Å². The van der Waals surface area contributed by atoms with Crippen LogP contribution in [-0.2, 0) is 12.0 Å². The molecular weight excluding hydrogens is 402 g/mol. The van der Waals surface area contributed by atoms with Gasteiger partial charge in [0.25, 0.3) is 5.91 Å². The highest BCUT2D eigenvalue weighted by atomic mass is 16.5.